The topological polar surface area (TPSA) is 58.4 Å². The Morgan fingerprint density at radius 1 is 1.44 bits per heavy atom. The summed E-state index contributed by atoms with van der Waals surface area (Å²) in [5.41, 5.74) is 9.06. The van der Waals surface area contributed by atoms with E-state index in [-0.39, 0.29) is 11.9 Å². The lowest BCUT2D eigenvalue weighted by Gasteiger charge is -2.30. The number of rotatable bonds is 4. The molecular formula is C14H21N3O. The zero-order valence-corrected chi connectivity index (χ0v) is 11.2. The van der Waals surface area contributed by atoms with Crippen LogP contribution in [0, 0.1) is 5.92 Å². The van der Waals surface area contributed by atoms with Crippen molar-refractivity contribution in [1.82, 2.24) is 4.90 Å². The van der Waals surface area contributed by atoms with Crippen LogP contribution >= 0.6 is 0 Å². The van der Waals surface area contributed by atoms with Crippen LogP contribution in [-0.2, 0) is 11.2 Å². The first-order valence-electron chi connectivity index (χ1n) is 6.32. The first-order chi connectivity index (χ1) is 8.52. The number of nitrogens with one attached hydrogen (secondary N) is 1. The number of hydrogen-bond donors (Lipinski definition) is 2. The minimum atomic E-state index is 0.0791. The maximum atomic E-state index is 11.4. The highest BCUT2D eigenvalue weighted by atomic mass is 16.1. The molecule has 1 heterocycles. The van der Waals surface area contributed by atoms with Crippen LogP contribution in [0.3, 0.4) is 0 Å². The Kier molecular flexibility index (Phi) is 3.68. The Hall–Kier alpha value is -1.39. The second kappa shape index (κ2) is 5.08. The SMILES string of the molecule is CC(CN)C(c1ccc2c(c1)CC(=O)N2)N(C)C. The van der Waals surface area contributed by atoms with Gasteiger partial charge in [0.2, 0.25) is 5.91 Å². The lowest BCUT2D eigenvalue weighted by Crippen LogP contribution is -2.30. The van der Waals surface area contributed by atoms with Crippen LogP contribution in [0.5, 0.6) is 0 Å². The summed E-state index contributed by atoms with van der Waals surface area (Å²) in [7, 11) is 4.13. The highest BCUT2D eigenvalue weighted by Gasteiger charge is 2.24. The molecule has 4 nitrogen and oxygen atoms in total. The zero-order chi connectivity index (χ0) is 13.3. The zero-order valence-electron chi connectivity index (χ0n) is 11.2. The average molecular weight is 247 g/mol. The second-order valence-electron chi connectivity index (χ2n) is 5.26. The number of carbonyl (C=O) groups is 1. The molecule has 3 N–H and O–H groups in total. The molecule has 98 valence electrons. The summed E-state index contributed by atoms with van der Waals surface area (Å²) < 4.78 is 0. The normalized spacial score (nSPS) is 17.5. The summed E-state index contributed by atoms with van der Waals surface area (Å²) >= 11 is 0. The fourth-order valence-electron chi connectivity index (χ4n) is 2.70. The number of carbonyl (C=O) groups excluding carboxylic acids is 1. The minimum absolute atomic E-state index is 0.0791. The molecule has 0 saturated heterocycles. The molecule has 1 aliphatic rings. The van der Waals surface area contributed by atoms with Gasteiger partial charge in [-0.1, -0.05) is 19.1 Å². The maximum absolute atomic E-state index is 11.4. The Balaban J connectivity index is 2.32. The van der Waals surface area contributed by atoms with Crippen LogP contribution in [0.4, 0.5) is 5.69 Å². The van der Waals surface area contributed by atoms with Crippen LogP contribution in [0.25, 0.3) is 0 Å². The molecule has 1 aliphatic heterocycles. The van der Waals surface area contributed by atoms with E-state index in [9.17, 15) is 4.79 Å². The molecule has 2 atom stereocenters. The van der Waals surface area contributed by atoms with Crippen molar-refractivity contribution in [1.29, 1.82) is 0 Å². The monoisotopic (exact) mass is 247 g/mol. The number of amides is 1. The van der Waals surface area contributed by atoms with Crippen molar-refractivity contribution in [2.45, 2.75) is 19.4 Å². The van der Waals surface area contributed by atoms with Gasteiger partial charge in [-0.25, -0.2) is 0 Å². The van der Waals surface area contributed by atoms with Gasteiger partial charge in [-0.2, -0.15) is 0 Å². The number of anilines is 1. The number of nitrogens with zero attached hydrogens (tertiary/aromatic N) is 1. The van der Waals surface area contributed by atoms with Crippen LogP contribution in [0.15, 0.2) is 18.2 Å². The van der Waals surface area contributed by atoms with Gasteiger partial charge in [-0.05, 0) is 43.8 Å². The van der Waals surface area contributed by atoms with Gasteiger partial charge < -0.3 is 16.0 Å². The van der Waals surface area contributed by atoms with E-state index in [0.717, 1.165) is 11.3 Å². The lowest BCUT2D eigenvalue weighted by atomic mass is 9.92. The van der Waals surface area contributed by atoms with E-state index in [2.05, 4.69) is 43.4 Å². The van der Waals surface area contributed by atoms with E-state index < -0.39 is 0 Å². The van der Waals surface area contributed by atoms with E-state index in [4.69, 9.17) is 5.73 Å². The van der Waals surface area contributed by atoms with Crippen molar-refractivity contribution in [3.8, 4) is 0 Å². The molecule has 0 radical (unpaired) electrons. The maximum Gasteiger partial charge on any atom is 0.228 e. The Morgan fingerprint density at radius 2 is 2.17 bits per heavy atom. The molecular weight excluding hydrogens is 226 g/mol. The Bertz CT molecular complexity index is 456. The molecule has 18 heavy (non-hydrogen) atoms. The third-order valence-corrected chi connectivity index (χ3v) is 3.56. The van der Waals surface area contributed by atoms with Gasteiger partial charge in [0, 0.05) is 11.7 Å². The van der Waals surface area contributed by atoms with Crippen LogP contribution in [0.1, 0.15) is 24.1 Å². The molecule has 1 aromatic carbocycles. The number of benzene rings is 1. The quantitative estimate of drug-likeness (QED) is 0.845. The van der Waals surface area contributed by atoms with Crippen molar-refractivity contribution in [2.24, 2.45) is 11.7 Å². The van der Waals surface area contributed by atoms with Crippen molar-refractivity contribution < 1.29 is 4.79 Å². The van der Waals surface area contributed by atoms with E-state index >= 15 is 0 Å². The van der Waals surface area contributed by atoms with Gasteiger partial charge in [-0.3, -0.25) is 4.79 Å². The first-order valence-corrected chi connectivity index (χ1v) is 6.32. The van der Waals surface area contributed by atoms with Gasteiger partial charge in [0.05, 0.1) is 6.42 Å². The van der Waals surface area contributed by atoms with E-state index in [1.807, 2.05) is 6.07 Å². The highest BCUT2D eigenvalue weighted by molar-refractivity contribution is 5.99. The summed E-state index contributed by atoms with van der Waals surface area (Å²) in [6.45, 7) is 2.80. The molecule has 0 saturated carbocycles. The van der Waals surface area contributed by atoms with E-state index in [1.54, 1.807) is 0 Å². The Labute approximate surface area is 108 Å². The number of fused-ring (bicyclic) bond motifs is 1. The van der Waals surface area contributed by atoms with Crippen molar-refractivity contribution in [3.05, 3.63) is 29.3 Å². The van der Waals surface area contributed by atoms with E-state index in [1.165, 1.54) is 5.56 Å². The summed E-state index contributed by atoms with van der Waals surface area (Å²) in [6.07, 6.45) is 0.486. The van der Waals surface area contributed by atoms with Crippen molar-refractivity contribution in [3.63, 3.8) is 0 Å². The van der Waals surface area contributed by atoms with Gasteiger partial charge in [0.15, 0.2) is 0 Å². The molecule has 0 aromatic heterocycles. The molecule has 4 heteroatoms. The Morgan fingerprint density at radius 3 is 2.78 bits per heavy atom. The molecule has 1 amide bonds. The second-order valence-corrected chi connectivity index (χ2v) is 5.26. The lowest BCUT2D eigenvalue weighted by molar-refractivity contribution is -0.115. The minimum Gasteiger partial charge on any atom is -0.330 e. The third-order valence-electron chi connectivity index (χ3n) is 3.56. The third kappa shape index (κ3) is 2.40. The van der Waals surface area contributed by atoms with Crippen LogP contribution < -0.4 is 11.1 Å². The van der Waals surface area contributed by atoms with Gasteiger partial charge in [0.1, 0.15) is 0 Å². The number of nitrogens with two attached hydrogens (primary N) is 1. The van der Waals surface area contributed by atoms with Gasteiger partial charge >= 0.3 is 0 Å². The van der Waals surface area contributed by atoms with E-state index in [0.29, 0.717) is 18.9 Å². The predicted octanol–water partition coefficient (Wildman–Crippen LogP) is 1.38. The summed E-state index contributed by atoms with van der Waals surface area (Å²) in [6, 6.07) is 6.50. The molecule has 0 aliphatic carbocycles. The number of hydrogen-bond acceptors (Lipinski definition) is 3. The standard InChI is InChI=1S/C14H21N3O/c1-9(8-15)14(17(2)3)10-4-5-12-11(6-10)7-13(18)16-12/h4-6,9,14H,7-8,15H2,1-3H3,(H,16,18). The molecule has 0 bridgehead atoms. The van der Waals surface area contributed by atoms with Crippen LogP contribution in [0.2, 0.25) is 0 Å². The van der Waals surface area contributed by atoms with Gasteiger partial charge in [0.25, 0.3) is 0 Å². The molecule has 2 unspecified atom stereocenters. The summed E-state index contributed by atoms with van der Waals surface area (Å²) in [4.78, 5) is 13.5. The smallest absolute Gasteiger partial charge is 0.228 e. The molecule has 2 rings (SSSR count). The van der Waals surface area contributed by atoms with Crippen molar-refractivity contribution in [2.75, 3.05) is 26.0 Å². The molecule has 1 aromatic rings. The first kappa shape index (κ1) is 13.1. The highest BCUT2D eigenvalue weighted by Crippen LogP contribution is 2.31. The fraction of sp³-hybridized carbons (Fsp3) is 0.500. The summed E-state index contributed by atoms with van der Waals surface area (Å²) in [5, 5.41) is 2.86. The van der Waals surface area contributed by atoms with Crippen molar-refractivity contribution >= 4 is 11.6 Å². The van der Waals surface area contributed by atoms with Gasteiger partial charge in [-0.15, -0.1) is 0 Å². The largest absolute Gasteiger partial charge is 0.330 e. The summed E-state index contributed by atoms with van der Waals surface area (Å²) in [5.74, 6) is 0.457. The fourth-order valence-corrected chi connectivity index (χ4v) is 2.70. The molecule has 0 fully saturated rings. The van der Waals surface area contributed by atoms with Crippen LogP contribution in [-0.4, -0.2) is 31.4 Å². The molecule has 0 spiro atoms. The predicted molar refractivity (Wildman–Crippen MR) is 73.4 cm³/mol. The average Bonchev–Trinajstić information content (AvgIpc) is 2.68.